The van der Waals surface area contributed by atoms with Crippen LogP contribution in [-0.2, 0) is 0 Å². The Morgan fingerprint density at radius 1 is 1.12 bits per heavy atom. The molecule has 4 heterocycles. The average Bonchev–Trinajstić information content (AvgIpc) is 3.37. The molecule has 9 nitrogen and oxygen atoms in total. The molecule has 11 heteroatoms. The molecular formula is C23H22F2N6O3. The van der Waals surface area contributed by atoms with E-state index in [1.54, 1.807) is 17.0 Å². The minimum atomic E-state index is -0.705. The van der Waals surface area contributed by atoms with Crippen molar-refractivity contribution >= 4 is 12.2 Å². The third-order valence-electron chi connectivity index (χ3n) is 5.77. The fraction of sp³-hybridized carbons (Fsp3) is 0.304. The van der Waals surface area contributed by atoms with E-state index in [1.807, 2.05) is 19.9 Å². The largest absolute Gasteiger partial charge is 0.503 e. The first-order valence-corrected chi connectivity index (χ1v) is 10.7. The maximum absolute atomic E-state index is 13.7. The van der Waals surface area contributed by atoms with Crippen molar-refractivity contribution < 1.29 is 23.4 Å². The van der Waals surface area contributed by atoms with Crippen molar-refractivity contribution in [3.8, 4) is 17.3 Å². The summed E-state index contributed by atoms with van der Waals surface area (Å²) >= 11 is 0. The van der Waals surface area contributed by atoms with Crippen LogP contribution in [0, 0.1) is 25.5 Å². The first-order valence-electron chi connectivity index (χ1n) is 10.7. The lowest BCUT2D eigenvalue weighted by Gasteiger charge is -2.41. The van der Waals surface area contributed by atoms with E-state index in [0.29, 0.717) is 17.8 Å². The molecule has 0 aliphatic carbocycles. The van der Waals surface area contributed by atoms with Gasteiger partial charge in [-0.3, -0.25) is 0 Å². The number of urea groups is 1. The fourth-order valence-corrected chi connectivity index (χ4v) is 4.13. The van der Waals surface area contributed by atoms with Gasteiger partial charge in [0.15, 0.2) is 17.3 Å². The quantitative estimate of drug-likeness (QED) is 0.633. The van der Waals surface area contributed by atoms with Gasteiger partial charge in [-0.1, -0.05) is 0 Å². The van der Waals surface area contributed by atoms with Crippen LogP contribution in [0.15, 0.2) is 41.6 Å². The number of pyridine rings is 1. The molecule has 2 aromatic heterocycles. The summed E-state index contributed by atoms with van der Waals surface area (Å²) in [6, 6.07) is 5.75. The molecule has 2 amide bonds. The van der Waals surface area contributed by atoms with E-state index in [9.17, 15) is 18.7 Å². The molecule has 2 aliphatic heterocycles. The second-order valence-corrected chi connectivity index (χ2v) is 8.37. The second kappa shape index (κ2) is 8.40. The summed E-state index contributed by atoms with van der Waals surface area (Å²) in [6.45, 7) is 4.32. The first-order chi connectivity index (χ1) is 16.3. The van der Waals surface area contributed by atoms with Crippen molar-refractivity contribution in [2.45, 2.75) is 32.4 Å². The van der Waals surface area contributed by atoms with E-state index in [0.717, 1.165) is 17.5 Å². The van der Waals surface area contributed by atoms with Gasteiger partial charge in [-0.15, -0.1) is 0 Å². The van der Waals surface area contributed by atoms with E-state index in [1.165, 1.54) is 28.2 Å². The lowest BCUT2D eigenvalue weighted by atomic mass is 10.0. The molecule has 176 valence electrons. The summed E-state index contributed by atoms with van der Waals surface area (Å²) in [4.78, 5) is 18.7. The Morgan fingerprint density at radius 3 is 2.53 bits per heavy atom. The summed E-state index contributed by atoms with van der Waals surface area (Å²) in [6.07, 6.45) is 2.86. The number of likely N-dealkylation sites (tertiary alicyclic amines) is 1. The van der Waals surface area contributed by atoms with Gasteiger partial charge in [0.25, 0.3) is 0 Å². The highest BCUT2D eigenvalue weighted by Gasteiger charge is 2.39. The Bertz CT molecular complexity index is 1270. The molecule has 1 N–H and O–H groups in total. The van der Waals surface area contributed by atoms with E-state index >= 15 is 0 Å². The second-order valence-electron chi connectivity index (χ2n) is 8.37. The predicted octanol–water partition coefficient (Wildman–Crippen LogP) is 3.48. The molecule has 2 aliphatic rings. The van der Waals surface area contributed by atoms with Crippen LogP contribution in [0.3, 0.4) is 0 Å². The Hall–Kier alpha value is -4.02. The van der Waals surface area contributed by atoms with Crippen LogP contribution >= 0.6 is 0 Å². The molecule has 0 unspecified atom stereocenters. The number of benzene rings is 1. The molecule has 1 aromatic carbocycles. The van der Waals surface area contributed by atoms with Gasteiger partial charge < -0.3 is 14.7 Å². The van der Waals surface area contributed by atoms with Gasteiger partial charge in [0.05, 0.1) is 31.0 Å². The van der Waals surface area contributed by atoms with Crippen LogP contribution in [0.4, 0.5) is 13.6 Å². The van der Waals surface area contributed by atoms with E-state index < -0.39 is 17.7 Å². The topological polar surface area (TPSA) is 96.1 Å². The summed E-state index contributed by atoms with van der Waals surface area (Å²) in [7, 11) is 0. The minimum Gasteiger partial charge on any atom is -0.503 e. The van der Waals surface area contributed by atoms with Crippen molar-refractivity contribution in [3.05, 3.63) is 65.1 Å². The van der Waals surface area contributed by atoms with Crippen LogP contribution in [-0.4, -0.2) is 61.2 Å². The third kappa shape index (κ3) is 4.04. The minimum absolute atomic E-state index is 0.118. The summed E-state index contributed by atoms with van der Waals surface area (Å²) in [5.74, 6) is -0.788. The number of rotatable bonds is 4. The van der Waals surface area contributed by atoms with E-state index in [2.05, 4.69) is 15.2 Å². The monoisotopic (exact) mass is 468 g/mol. The number of hydrogen-bond acceptors (Lipinski definition) is 6. The van der Waals surface area contributed by atoms with Gasteiger partial charge in [0, 0.05) is 30.5 Å². The maximum Gasteiger partial charge on any atom is 0.341 e. The summed E-state index contributed by atoms with van der Waals surface area (Å²) in [5, 5.41) is 19.9. The van der Waals surface area contributed by atoms with Crippen molar-refractivity contribution in [2.24, 2.45) is 5.10 Å². The summed E-state index contributed by atoms with van der Waals surface area (Å²) in [5.41, 5.74) is 2.07. The number of carbonyl (C=O) groups excluding carboxylic acids is 1. The Kier molecular flexibility index (Phi) is 5.39. The van der Waals surface area contributed by atoms with Crippen LogP contribution in [0.1, 0.15) is 29.4 Å². The van der Waals surface area contributed by atoms with Crippen LogP contribution in [0.2, 0.25) is 0 Å². The highest BCUT2D eigenvalue weighted by atomic mass is 19.1. The number of aromatic hydroxyl groups is 1. The predicted molar refractivity (Wildman–Crippen MR) is 118 cm³/mol. The van der Waals surface area contributed by atoms with Crippen LogP contribution in [0.5, 0.6) is 11.5 Å². The zero-order chi connectivity index (χ0) is 24.0. The van der Waals surface area contributed by atoms with Crippen molar-refractivity contribution in [1.82, 2.24) is 24.7 Å². The molecular weight excluding hydrogens is 446 g/mol. The van der Waals surface area contributed by atoms with Gasteiger partial charge in [-0.05, 0) is 37.6 Å². The third-order valence-corrected chi connectivity index (χ3v) is 5.77. The number of halogens is 2. The first kappa shape index (κ1) is 21.8. The van der Waals surface area contributed by atoms with Crippen LogP contribution < -0.4 is 4.74 Å². The number of hydrazone groups is 1. The molecule has 1 fully saturated rings. The average molecular weight is 468 g/mol. The number of amides is 2. The molecule has 0 bridgehead atoms. The van der Waals surface area contributed by atoms with Gasteiger partial charge >= 0.3 is 6.03 Å². The fourth-order valence-electron chi connectivity index (χ4n) is 4.13. The normalized spacial score (nSPS) is 17.8. The number of aromatic nitrogens is 3. The Balaban J connectivity index is 1.24. The van der Waals surface area contributed by atoms with Crippen molar-refractivity contribution in [1.29, 1.82) is 0 Å². The number of nitrogens with zero attached hydrogens (tertiary/aromatic N) is 6. The molecule has 1 atom stereocenters. The zero-order valence-electron chi connectivity index (χ0n) is 18.5. The van der Waals surface area contributed by atoms with E-state index in [4.69, 9.17) is 4.74 Å². The molecule has 5 rings (SSSR count). The lowest BCUT2D eigenvalue weighted by Crippen LogP contribution is -2.58. The molecule has 3 aromatic rings. The molecule has 1 saturated heterocycles. The highest BCUT2D eigenvalue weighted by Crippen LogP contribution is 2.33. The van der Waals surface area contributed by atoms with Gasteiger partial charge in [0.1, 0.15) is 17.7 Å². The molecule has 0 spiro atoms. The molecule has 0 saturated carbocycles. The number of ether oxygens (including phenoxy) is 1. The summed E-state index contributed by atoms with van der Waals surface area (Å²) < 4.78 is 34.9. The Morgan fingerprint density at radius 2 is 1.85 bits per heavy atom. The smallest absolute Gasteiger partial charge is 0.341 e. The SMILES string of the molecule is Cc1cc(C)n(-c2cc(OC3CN(C(=O)N4N=CC[C@H]4c4cc(F)cc(F)c4)C3)c(O)cn2)n1. The maximum atomic E-state index is 13.7. The number of aryl methyl sites for hydroxylation is 2. The van der Waals surface area contributed by atoms with Gasteiger partial charge in [-0.25, -0.2) is 28.3 Å². The van der Waals surface area contributed by atoms with Crippen molar-refractivity contribution in [3.63, 3.8) is 0 Å². The van der Waals surface area contributed by atoms with Crippen LogP contribution in [0.25, 0.3) is 5.82 Å². The lowest BCUT2D eigenvalue weighted by molar-refractivity contribution is 0.0263. The van der Waals surface area contributed by atoms with Gasteiger partial charge in [-0.2, -0.15) is 10.2 Å². The highest BCUT2D eigenvalue weighted by molar-refractivity contribution is 5.79. The standard InChI is InChI=1S/C23H22F2N6O3/c1-13-5-14(2)30(28-13)22-9-21(20(32)10-26-22)34-18-11-29(12-18)23(33)31-19(3-4-27-31)15-6-16(24)8-17(25)7-15/h4-10,18-19,32H,3,11-12H2,1-2H3/t19-/m0/s1. The Labute approximate surface area is 193 Å². The zero-order valence-corrected chi connectivity index (χ0v) is 18.5. The number of carbonyl (C=O) groups is 1. The number of hydrogen-bond donors (Lipinski definition) is 1. The van der Waals surface area contributed by atoms with Gasteiger partial charge in [0.2, 0.25) is 0 Å². The molecule has 34 heavy (non-hydrogen) atoms. The van der Waals surface area contributed by atoms with Crippen molar-refractivity contribution in [2.75, 3.05) is 13.1 Å². The van der Waals surface area contributed by atoms with E-state index in [-0.39, 0.29) is 36.7 Å². The molecule has 0 radical (unpaired) electrons.